The molecular formula is C29H28N2O5. The van der Waals surface area contributed by atoms with Gasteiger partial charge in [-0.05, 0) is 59.9 Å². The fourth-order valence-corrected chi connectivity index (χ4v) is 4.98. The average molecular weight is 485 g/mol. The maximum atomic E-state index is 12.7. The minimum Gasteiger partial charge on any atom is -0.454 e. The van der Waals surface area contributed by atoms with Gasteiger partial charge in [0.05, 0.1) is 5.60 Å². The number of carbonyl (C=O) groups excluding carboxylic acids is 1. The molecule has 0 unspecified atom stereocenters. The van der Waals surface area contributed by atoms with Crippen LogP contribution in [-0.4, -0.2) is 35.8 Å². The van der Waals surface area contributed by atoms with Crippen LogP contribution >= 0.6 is 0 Å². The van der Waals surface area contributed by atoms with Gasteiger partial charge in [0.1, 0.15) is 5.58 Å². The molecule has 3 aromatic carbocycles. The largest absolute Gasteiger partial charge is 0.454 e. The average Bonchev–Trinajstić information content (AvgIpc) is 3.55. The summed E-state index contributed by atoms with van der Waals surface area (Å²) in [5.41, 5.74) is 2.79. The number of benzene rings is 3. The molecule has 6 rings (SSSR count). The summed E-state index contributed by atoms with van der Waals surface area (Å²) in [6.07, 6.45) is 1.32. The smallest absolute Gasteiger partial charge is 0.287 e. The molecule has 2 aliphatic heterocycles. The maximum Gasteiger partial charge on any atom is 0.287 e. The highest BCUT2D eigenvalue weighted by Gasteiger charge is 2.34. The van der Waals surface area contributed by atoms with Gasteiger partial charge in [0.25, 0.3) is 5.91 Å². The van der Waals surface area contributed by atoms with Gasteiger partial charge in [0.2, 0.25) is 6.79 Å². The molecule has 184 valence electrons. The lowest BCUT2D eigenvalue weighted by Crippen LogP contribution is -2.42. The van der Waals surface area contributed by atoms with Gasteiger partial charge in [0, 0.05) is 31.6 Å². The number of fused-ring (bicyclic) bond motifs is 2. The third kappa shape index (κ3) is 4.55. The molecule has 0 atom stereocenters. The molecule has 0 radical (unpaired) electrons. The Morgan fingerprint density at radius 3 is 2.56 bits per heavy atom. The molecule has 1 amide bonds. The highest BCUT2D eigenvalue weighted by atomic mass is 16.7. The lowest BCUT2D eigenvalue weighted by Gasteiger charge is -2.38. The molecule has 1 saturated heterocycles. The van der Waals surface area contributed by atoms with Crippen molar-refractivity contribution in [1.82, 2.24) is 10.2 Å². The van der Waals surface area contributed by atoms with Crippen molar-refractivity contribution in [2.75, 3.05) is 19.9 Å². The van der Waals surface area contributed by atoms with Crippen LogP contribution in [-0.2, 0) is 18.7 Å². The Hall–Kier alpha value is -3.81. The Bertz CT molecular complexity index is 1390. The second-order valence-electron chi connectivity index (χ2n) is 9.53. The fraction of sp³-hybridized carbons (Fsp3) is 0.276. The Balaban J connectivity index is 1.11. The molecule has 2 N–H and O–H groups in total. The van der Waals surface area contributed by atoms with Crippen LogP contribution in [0.2, 0.25) is 0 Å². The van der Waals surface area contributed by atoms with E-state index in [-0.39, 0.29) is 18.5 Å². The normalized spacial score (nSPS) is 16.8. The van der Waals surface area contributed by atoms with Crippen molar-refractivity contribution in [1.29, 1.82) is 0 Å². The van der Waals surface area contributed by atoms with E-state index in [1.807, 2.05) is 42.5 Å². The first kappa shape index (κ1) is 22.6. The first-order valence-corrected chi connectivity index (χ1v) is 12.3. The Morgan fingerprint density at radius 1 is 0.917 bits per heavy atom. The Kier molecular flexibility index (Phi) is 5.87. The minimum atomic E-state index is -0.888. The number of carbonyl (C=O) groups is 1. The molecule has 2 aliphatic rings. The van der Waals surface area contributed by atoms with Crippen molar-refractivity contribution in [3.63, 3.8) is 0 Å². The zero-order valence-electron chi connectivity index (χ0n) is 19.9. The van der Waals surface area contributed by atoms with Gasteiger partial charge in [-0.1, -0.05) is 42.5 Å². The van der Waals surface area contributed by atoms with Crippen molar-refractivity contribution in [3.8, 4) is 11.5 Å². The minimum absolute atomic E-state index is 0.215. The van der Waals surface area contributed by atoms with E-state index in [0.717, 1.165) is 36.1 Å². The second kappa shape index (κ2) is 9.33. The highest BCUT2D eigenvalue weighted by Crippen LogP contribution is 2.36. The van der Waals surface area contributed by atoms with Crippen LogP contribution in [0.1, 0.15) is 40.1 Å². The van der Waals surface area contributed by atoms with E-state index in [4.69, 9.17) is 13.9 Å². The summed E-state index contributed by atoms with van der Waals surface area (Å²) >= 11 is 0. The lowest BCUT2D eigenvalue weighted by molar-refractivity contribution is -0.0276. The van der Waals surface area contributed by atoms with E-state index in [2.05, 4.69) is 34.5 Å². The Labute approximate surface area is 209 Å². The molecule has 4 aromatic rings. The molecule has 0 bridgehead atoms. The van der Waals surface area contributed by atoms with E-state index in [1.54, 1.807) is 6.07 Å². The van der Waals surface area contributed by atoms with Crippen LogP contribution in [0.5, 0.6) is 11.5 Å². The van der Waals surface area contributed by atoms with Gasteiger partial charge in [-0.25, -0.2) is 0 Å². The number of hydrogen-bond donors (Lipinski definition) is 2. The monoisotopic (exact) mass is 484 g/mol. The van der Waals surface area contributed by atoms with Gasteiger partial charge in [-0.15, -0.1) is 0 Å². The summed E-state index contributed by atoms with van der Waals surface area (Å²) in [6, 6.07) is 23.4. The number of hydrogen-bond acceptors (Lipinski definition) is 6. The summed E-state index contributed by atoms with van der Waals surface area (Å²) in [6.45, 7) is 3.09. The van der Waals surface area contributed by atoms with Crippen LogP contribution in [0.3, 0.4) is 0 Å². The predicted molar refractivity (Wildman–Crippen MR) is 135 cm³/mol. The fourth-order valence-electron chi connectivity index (χ4n) is 4.98. The van der Waals surface area contributed by atoms with Gasteiger partial charge in [0.15, 0.2) is 17.3 Å². The zero-order chi connectivity index (χ0) is 24.5. The summed E-state index contributed by atoms with van der Waals surface area (Å²) < 4.78 is 16.5. The quantitative estimate of drug-likeness (QED) is 0.417. The number of nitrogens with one attached hydrogen (secondary N) is 1. The molecule has 7 heteroatoms. The molecule has 0 saturated carbocycles. The SMILES string of the molecule is O=C(NCc1ccc2c(c1)OCO2)c1cc2cc(C3(O)CCN(Cc4ccccc4)CC3)ccc2o1. The van der Waals surface area contributed by atoms with Crippen molar-refractivity contribution >= 4 is 16.9 Å². The number of nitrogens with zero attached hydrogens (tertiary/aromatic N) is 1. The number of amides is 1. The lowest BCUT2D eigenvalue weighted by atomic mass is 9.84. The highest BCUT2D eigenvalue weighted by molar-refractivity contribution is 5.96. The van der Waals surface area contributed by atoms with Crippen LogP contribution in [0.4, 0.5) is 0 Å². The molecule has 3 heterocycles. The van der Waals surface area contributed by atoms with Crippen molar-refractivity contribution < 1.29 is 23.8 Å². The van der Waals surface area contributed by atoms with Gasteiger partial charge < -0.3 is 24.3 Å². The van der Waals surface area contributed by atoms with Crippen molar-refractivity contribution in [3.05, 3.63) is 95.2 Å². The molecular weight excluding hydrogens is 456 g/mol. The number of furan rings is 1. The number of rotatable bonds is 6. The van der Waals surface area contributed by atoms with Crippen molar-refractivity contribution in [2.24, 2.45) is 0 Å². The van der Waals surface area contributed by atoms with Crippen LogP contribution < -0.4 is 14.8 Å². The molecule has 1 fully saturated rings. The van der Waals surface area contributed by atoms with E-state index in [1.165, 1.54) is 5.56 Å². The van der Waals surface area contributed by atoms with Gasteiger partial charge >= 0.3 is 0 Å². The number of likely N-dealkylation sites (tertiary alicyclic amines) is 1. The number of piperidine rings is 1. The topological polar surface area (TPSA) is 84.2 Å². The standard InChI is InChI=1S/C29H28N2O5/c32-28(30-17-21-6-8-25-26(14-21)35-19-34-25)27-16-22-15-23(7-9-24(22)36-27)29(33)10-12-31(13-11-29)18-20-4-2-1-3-5-20/h1-9,14-16,33H,10-13,17-19H2,(H,30,32). The summed E-state index contributed by atoms with van der Waals surface area (Å²) in [7, 11) is 0. The third-order valence-electron chi connectivity index (χ3n) is 7.10. The van der Waals surface area contributed by atoms with E-state index in [0.29, 0.717) is 36.5 Å². The van der Waals surface area contributed by atoms with E-state index >= 15 is 0 Å². The Morgan fingerprint density at radius 2 is 1.72 bits per heavy atom. The second-order valence-corrected chi connectivity index (χ2v) is 9.53. The van der Waals surface area contributed by atoms with E-state index in [9.17, 15) is 9.90 Å². The van der Waals surface area contributed by atoms with Crippen LogP contribution in [0.25, 0.3) is 11.0 Å². The maximum absolute atomic E-state index is 12.7. The molecule has 0 aliphatic carbocycles. The summed E-state index contributed by atoms with van der Waals surface area (Å²) in [5, 5.41) is 15.1. The summed E-state index contributed by atoms with van der Waals surface area (Å²) in [4.78, 5) is 15.1. The molecule has 7 nitrogen and oxygen atoms in total. The van der Waals surface area contributed by atoms with E-state index < -0.39 is 5.60 Å². The molecule has 0 spiro atoms. The number of aliphatic hydroxyl groups is 1. The zero-order valence-corrected chi connectivity index (χ0v) is 19.9. The van der Waals surface area contributed by atoms with Gasteiger partial charge in [-0.2, -0.15) is 0 Å². The van der Waals surface area contributed by atoms with Crippen LogP contribution in [0.15, 0.2) is 77.2 Å². The van der Waals surface area contributed by atoms with Crippen molar-refractivity contribution in [2.45, 2.75) is 31.5 Å². The van der Waals surface area contributed by atoms with Gasteiger partial charge in [-0.3, -0.25) is 9.69 Å². The third-order valence-corrected chi connectivity index (χ3v) is 7.10. The molecule has 36 heavy (non-hydrogen) atoms. The van der Waals surface area contributed by atoms with Crippen LogP contribution in [0, 0.1) is 0 Å². The first-order valence-electron chi connectivity index (χ1n) is 12.3. The first-order chi connectivity index (χ1) is 17.6. The number of ether oxygens (including phenoxy) is 2. The predicted octanol–water partition coefficient (Wildman–Crippen LogP) is 4.58. The summed E-state index contributed by atoms with van der Waals surface area (Å²) in [5.74, 6) is 1.34. The molecule has 1 aromatic heterocycles.